The molecule has 2 N–H and O–H groups in total. The van der Waals surface area contributed by atoms with Crippen LogP contribution in [0.25, 0.3) is 0 Å². The molecule has 1 aliphatic rings. The van der Waals surface area contributed by atoms with Gasteiger partial charge in [-0.2, -0.15) is 0 Å². The Kier molecular flexibility index (Phi) is 5.30. The molecule has 0 bridgehead atoms. The molecule has 0 aliphatic heterocycles. The van der Waals surface area contributed by atoms with Crippen LogP contribution in [0.1, 0.15) is 49.8 Å². The first-order chi connectivity index (χ1) is 7.31. The molecule has 2 heteroatoms. The standard InChI is InChI=1S/C14H21N.ClH/c1-2-11-7-9-13(10-8-11)14(15)12-5-3-4-6-12;/h7-10,12,14H,2-6,15H2,1H3;1H. The highest BCUT2D eigenvalue weighted by atomic mass is 35.5. The molecule has 1 nitrogen and oxygen atoms in total. The molecule has 0 radical (unpaired) electrons. The summed E-state index contributed by atoms with van der Waals surface area (Å²) < 4.78 is 0. The van der Waals surface area contributed by atoms with Crippen LogP contribution in [-0.2, 0) is 6.42 Å². The topological polar surface area (TPSA) is 26.0 Å². The van der Waals surface area contributed by atoms with Crippen LogP contribution in [0.2, 0.25) is 0 Å². The predicted molar refractivity (Wildman–Crippen MR) is 72.0 cm³/mol. The van der Waals surface area contributed by atoms with Crippen molar-refractivity contribution in [3.05, 3.63) is 35.4 Å². The zero-order valence-electron chi connectivity index (χ0n) is 9.99. The molecule has 1 saturated carbocycles. The first-order valence-corrected chi connectivity index (χ1v) is 6.15. The fourth-order valence-electron chi connectivity index (χ4n) is 2.56. The van der Waals surface area contributed by atoms with Crippen molar-refractivity contribution in [3.63, 3.8) is 0 Å². The van der Waals surface area contributed by atoms with Crippen molar-refractivity contribution in [2.24, 2.45) is 11.7 Å². The van der Waals surface area contributed by atoms with Crippen molar-refractivity contribution in [3.8, 4) is 0 Å². The number of aryl methyl sites for hydroxylation is 1. The Morgan fingerprint density at radius 1 is 1.19 bits per heavy atom. The summed E-state index contributed by atoms with van der Waals surface area (Å²) in [5.41, 5.74) is 9.01. The van der Waals surface area contributed by atoms with E-state index in [-0.39, 0.29) is 18.4 Å². The Bertz CT molecular complexity index is 301. The van der Waals surface area contributed by atoms with E-state index in [2.05, 4.69) is 31.2 Å². The lowest BCUT2D eigenvalue weighted by atomic mass is 9.92. The van der Waals surface area contributed by atoms with E-state index in [9.17, 15) is 0 Å². The van der Waals surface area contributed by atoms with Crippen molar-refractivity contribution < 1.29 is 0 Å². The molecule has 1 aliphatic carbocycles. The molecular weight excluding hydrogens is 218 g/mol. The minimum atomic E-state index is 0. The highest BCUT2D eigenvalue weighted by Gasteiger charge is 2.22. The van der Waals surface area contributed by atoms with Gasteiger partial charge in [-0.15, -0.1) is 12.4 Å². The number of benzene rings is 1. The van der Waals surface area contributed by atoms with E-state index in [1.165, 1.54) is 36.8 Å². The van der Waals surface area contributed by atoms with Crippen LogP contribution < -0.4 is 5.73 Å². The van der Waals surface area contributed by atoms with E-state index in [1.807, 2.05) is 0 Å². The molecule has 90 valence electrons. The Balaban J connectivity index is 0.00000128. The molecule has 1 unspecified atom stereocenters. The summed E-state index contributed by atoms with van der Waals surface area (Å²) in [6.45, 7) is 2.19. The Hall–Kier alpha value is -0.530. The maximum Gasteiger partial charge on any atom is 0.0323 e. The van der Waals surface area contributed by atoms with Crippen molar-refractivity contribution in [2.45, 2.75) is 45.1 Å². The van der Waals surface area contributed by atoms with Gasteiger partial charge in [0.2, 0.25) is 0 Å². The molecule has 0 heterocycles. The molecule has 1 aromatic rings. The van der Waals surface area contributed by atoms with Crippen LogP contribution in [-0.4, -0.2) is 0 Å². The van der Waals surface area contributed by atoms with Gasteiger partial charge in [-0.3, -0.25) is 0 Å². The Morgan fingerprint density at radius 2 is 1.75 bits per heavy atom. The summed E-state index contributed by atoms with van der Waals surface area (Å²) in [5, 5.41) is 0. The number of halogens is 1. The number of hydrogen-bond acceptors (Lipinski definition) is 1. The molecule has 16 heavy (non-hydrogen) atoms. The quantitative estimate of drug-likeness (QED) is 0.852. The lowest BCUT2D eigenvalue weighted by Crippen LogP contribution is -2.18. The molecule has 0 amide bonds. The van der Waals surface area contributed by atoms with E-state index in [0.29, 0.717) is 0 Å². The van der Waals surface area contributed by atoms with Gasteiger partial charge in [-0.25, -0.2) is 0 Å². The van der Waals surface area contributed by atoms with Crippen molar-refractivity contribution in [1.82, 2.24) is 0 Å². The maximum atomic E-state index is 6.29. The summed E-state index contributed by atoms with van der Waals surface area (Å²) in [6, 6.07) is 9.11. The van der Waals surface area contributed by atoms with Crippen molar-refractivity contribution in [1.29, 1.82) is 0 Å². The Labute approximate surface area is 105 Å². The lowest BCUT2D eigenvalue weighted by molar-refractivity contribution is 0.445. The van der Waals surface area contributed by atoms with Crippen LogP contribution in [0.5, 0.6) is 0 Å². The van der Waals surface area contributed by atoms with Crippen molar-refractivity contribution in [2.75, 3.05) is 0 Å². The average molecular weight is 240 g/mol. The first-order valence-electron chi connectivity index (χ1n) is 6.15. The van der Waals surface area contributed by atoms with Gasteiger partial charge < -0.3 is 5.73 Å². The van der Waals surface area contributed by atoms with E-state index < -0.39 is 0 Å². The molecule has 0 saturated heterocycles. The smallest absolute Gasteiger partial charge is 0.0323 e. The molecule has 2 rings (SSSR count). The predicted octanol–water partition coefficient (Wildman–Crippen LogP) is 3.86. The summed E-state index contributed by atoms with van der Waals surface area (Å²) in [4.78, 5) is 0. The SMILES string of the molecule is CCc1ccc(C(N)C2CCCC2)cc1.Cl. The Morgan fingerprint density at radius 3 is 2.25 bits per heavy atom. The van der Waals surface area contributed by atoms with Gasteiger partial charge in [0.1, 0.15) is 0 Å². The molecular formula is C14H22ClN. The van der Waals surface area contributed by atoms with Gasteiger partial charge in [0.15, 0.2) is 0 Å². The zero-order valence-corrected chi connectivity index (χ0v) is 10.8. The fraction of sp³-hybridized carbons (Fsp3) is 0.571. The normalized spacial score (nSPS) is 18.1. The lowest BCUT2D eigenvalue weighted by Gasteiger charge is -2.19. The van der Waals surface area contributed by atoms with E-state index in [1.54, 1.807) is 0 Å². The second-order valence-electron chi connectivity index (χ2n) is 4.67. The van der Waals surface area contributed by atoms with Crippen molar-refractivity contribution >= 4 is 12.4 Å². The van der Waals surface area contributed by atoms with Crippen LogP contribution in [0.3, 0.4) is 0 Å². The summed E-state index contributed by atoms with van der Waals surface area (Å²) >= 11 is 0. The minimum absolute atomic E-state index is 0. The maximum absolute atomic E-state index is 6.29. The second-order valence-corrected chi connectivity index (χ2v) is 4.67. The first kappa shape index (κ1) is 13.5. The molecule has 0 spiro atoms. The van der Waals surface area contributed by atoms with Crippen LogP contribution >= 0.6 is 12.4 Å². The highest BCUT2D eigenvalue weighted by Crippen LogP contribution is 2.34. The molecule has 1 atom stereocenters. The number of rotatable bonds is 3. The van der Waals surface area contributed by atoms with Gasteiger partial charge in [-0.1, -0.05) is 44.0 Å². The van der Waals surface area contributed by atoms with E-state index in [4.69, 9.17) is 5.73 Å². The van der Waals surface area contributed by atoms with Crippen LogP contribution in [0, 0.1) is 5.92 Å². The van der Waals surface area contributed by atoms with Gasteiger partial charge in [0, 0.05) is 6.04 Å². The summed E-state index contributed by atoms with van der Waals surface area (Å²) in [5.74, 6) is 0.720. The molecule has 1 aromatic carbocycles. The summed E-state index contributed by atoms with van der Waals surface area (Å²) in [7, 11) is 0. The van der Waals surface area contributed by atoms with Gasteiger partial charge in [0.05, 0.1) is 0 Å². The highest BCUT2D eigenvalue weighted by molar-refractivity contribution is 5.85. The third-order valence-electron chi connectivity index (χ3n) is 3.68. The third kappa shape index (κ3) is 2.99. The molecule has 1 fully saturated rings. The second kappa shape index (κ2) is 6.27. The molecule has 0 aromatic heterocycles. The van der Waals surface area contributed by atoms with E-state index in [0.717, 1.165) is 12.3 Å². The van der Waals surface area contributed by atoms with Crippen LogP contribution in [0.4, 0.5) is 0 Å². The summed E-state index contributed by atoms with van der Waals surface area (Å²) in [6.07, 6.45) is 6.48. The third-order valence-corrected chi connectivity index (χ3v) is 3.68. The van der Waals surface area contributed by atoms with Crippen LogP contribution in [0.15, 0.2) is 24.3 Å². The fourth-order valence-corrected chi connectivity index (χ4v) is 2.56. The van der Waals surface area contributed by atoms with Gasteiger partial charge in [-0.05, 0) is 36.3 Å². The van der Waals surface area contributed by atoms with Gasteiger partial charge >= 0.3 is 0 Å². The largest absolute Gasteiger partial charge is 0.324 e. The van der Waals surface area contributed by atoms with E-state index >= 15 is 0 Å². The number of hydrogen-bond donors (Lipinski definition) is 1. The minimum Gasteiger partial charge on any atom is -0.324 e. The monoisotopic (exact) mass is 239 g/mol. The average Bonchev–Trinajstić information content (AvgIpc) is 2.82. The zero-order chi connectivity index (χ0) is 10.7. The number of nitrogens with two attached hydrogens (primary N) is 1. The van der Waals surface area contributed by atoms with Gasteiger partial charge in [0.25, 0.3) is 0 Å².